The Morgan fingerprint density at radius 2 is 1.97 bits per heavy atom. The van der Waals surface area contributed by atoms with E-state index in [1.807, 2.05) is 43.3 Å². The van der Waals surface area contributed by atoms with Crippen LogP contribution in [0.2, 0.25) is 0 Å². The number of esters is 1. The number of anilines is 1. The summed E-state index contributed by atoms with van der Waals surface area (Å²) in [5, 5.41) is 1.82. The highest BCUT2D eigenvalue weighted by molar-refractivity contribution is 7.65. The SMILES string of the molecule is C=CCOC(=O)CCCOP(=O)(OC)C1=c2ccc(=C)cc2Oc2cc(N(C)C)ccc21. The zero-order chi connectivity index (χ0) is 23.3. The smallest absolute Gasteiger partial charge is 0.362 e. The van der Waals surface area contributed by atoms with E-state index in [2.05, 4.69) is 13.2 Å². The van der Waals surface area contributed by atoms with Gasteiger partial charge in [-0.25, -0.2) is 0 Å². The van der Waals surface area contributed by atoms with Gasteiger partial charge >= 0.3 is 13.6 Å². The van der Waals surface area contributed by atoms with E-state index in [1.165, 1.54) is 13.2 Å². The van der Waals surface area contributed by atoms with Crippen molar-refractivity contribution in [3.8, 4) is 11.5 Å². The van der Waals surface area contributed by atoms with E-state index < -0.39 is 7.60 Å². The minimum absolute atomic E-state index is 0.0620. The highest BCUT2D eigenvalue weighted by Gasteiger charge is 2.36. The molecule has 32 heavy (non-hydrogen) atoms. The molecule has 0 fully saturated rings. The lowest BCUT2D eigenvalue weighted by Crippen LogP contribution is -2.20. The molecule has 1 aliphatic rings. The summed E-state index contributed by atoms with van der Waals surface area (Å²) in [5.41, 5.74) is 1.57. The van der Waals surface area contributed by atoms with Crippen molar-refractivity contribution < 1.29 is 27.9 Å². The molecule has 0 aliphatic carbocycles. The molecule has 1 aliphatic heterocycles. The topological polar surface area (TPSA) is 74.3 Å². The monoisotopic (exact) mass is 457 g/mol. The number of hydrogen-bond donors (Lipinski definition) is 0. The highest BCUT2D eigenvalue weighted by Crippen LogP contribution is 2.61. The Morgan fingerprint density at radius 1 is 1.19 bits per heavy atom. The van der Waals surface area contributed by atoms with Crippen molar-refractivity contribution in [1.82, 2.24) is 0 Å². The Bertz CT molecular complexity index is 1170. The van der Waals surface area contributed by atoms with Crippen LogP contribution in [0.4, 0.5) is 5.69 Å². The molecule has 0 aromatic heterocycles. The van der Waals surface area contributed by atoms with Gasteiger partial charge in [-0.3, -0.25) is 9.36 Å². The van der Waals surface area contributed by atoms with Crippen LogP contribution in [0.3, 0.4) is 0 Å². The molecule has 1 atom stereocenters. The van der Waals surface area contributed by atoms with Crippen molar-refractivity contribution in [3.05, 3.63) is 65.1 Å². The number of hydrogen-bond acceptors (Lipinski definition) is 7. The summed E-state index contributed by atoms with van der Waals surface area (Å²) in [6, 6.07) is 11.1. The fraction of sp³-hybridized carbons (Fsp3) is 0.292. The van der Waals surface area contributed by atoms with Crippen LogP contribution in [-0.2, 0) is 23.1 Å². The van der Waals surface area contributed by atoms with E-state index in [-0.39, 0.29) is 25.6 Å². The van der Waals surface area contributed by atoms with Gasteiger partial charge in [-0.15, -0.1) is 0 Å². The molecule has 3 rings (SSSR count). The maximum absolute atomic E-state index is 13.9. The van der Waals surface area contributed by atoms with Gasteiger partial charge in [-0.2, -0.15) is 0 Å². The van der Waals surface area contributed by atoms with Gasteiger partial charge in [0.15, 0.2) is 0 Å². The Morgan fingerprint density at radius 3 is 2.66 bits per heavy atom. The number of nitrogens with zero attached hydrogens (tertiary/aromatic N) is 1. The first-order valence-electron chi connectivity index (χ1n) is 10.2. The summed E-state index contributed by atoms with van der Waals surface area (Å²) in [5.74, 6) is 0.720. The second-order valence-corrected chi connectivity index (χ2v) is 9.51. The molecule has 0 saturated carbocycles. The normalized spacial score (nSPS) is 13.9. The lowest BCUT2D eigenvalue weighted by molar-refractivity contribution is -0.142. The molecule has 0 bridgehead atoms. The van der Waals surface area contributed by atoms with Crippen molar-refractivity contribution >= 4 is 31.1 Å². The molecule has 2 aromatic carbocycles. The predicted octanol–water partition coefficient (Wildman–Crippen LogP) is 3.79. The molecule has 8 heteroatoms. The maximum Gasteiger partial charge on any atom is 0.362 e. The molecule has 0 N–H and O–H groups in total. The Kier molecular flexibility index (Phi) is 7.56. The number of fused-ring (bicyclic) bond motifs is 2. The van der Waals surface area contributed by atoms with Crippen molar-refractivity contribution in [2.24, 2.45) is 0 Å². The molecule has 0 spiro atoms. The van der Waals surface area contributed by atoms with Gasteiger partial charge in [0.05, 0.1) is 11.9 Å². The van der Waals surface area contributed by atoms with E-state index >= 15 is 0 Å². The van der Waals surface area contributed by atoms with Crippen LogP contribution in [-0.4, -0.2) is 40.4 Å². The van der Waals surface area contributed by atoms with Gasteiger partial charge in [-0.1, -0.05) is 25.3 Å². The van der Waals surface area contributed by atoms with Gasteiger partial charge in [0.2, 0.25) is 0 Å². The van der Waals surface area contributed by atoms with Gasteiger partial charge in [0.25, 0.3) is 0 Å². The Labute approximate surface area is 188 Å². The minimum Gasteiger partial charge on any atom is -0.461 e. The van der Waals surface area contributed by atoms with Crippen molar-refractivity contribution in [2.75, 3.05) is 39.3 Å². The number of carbonyl (C=O) groups excluding carboxylic acids is 1. The van der Waals surface area contributed by atoms with Gasteiger partial charge in [-0.05, 0) is 35.9 Å². The van der Waals surface area contributed by atoms with E-state index in [0.29, 0.717) is 34.0 Å². The zero-order valence-corrected chi connectivity index (χ0v) is 19.5. The Balaban J connectivity index is 1.97. The third-order valence-electron chi connectivity index (χ3n) is 4.92. The molecule has 170 valence electrons. The minimum atomic E-state index is -3.74. The van der Waals surface area contributed by atoms with Gasteiger partial charge in [0.1, 0.15) is 18.1 Å². The van der Waals surface area contributed by atoms with E-state index in [0.717, 1.165) is 10.9 Å². The third-order valence-corrected chi connectivity index (χ3v) is 6.95. The standard InChI is InChI=1S/C24H28NO6P/c1-6-13-29-23(26)8-7-14-30-32(27,28-5)24-19-11-9-17(2)15-21(19)31-22-16-18(25(3)4)10-12-20(22)24/h6,9-12,15-16H,1-2,7-8,13-14H2,3-5H3. The quantitative estimate of drug-likeness (QED) is 0.233. The second-order valence-electron chi connectivity index (χ2n) is 7.44. The summed E-state index contributed by atoms with van der Waals surface area (Å²) in [4.78, 5) is 13.6. The van der Waals surface area contributed by atoms with E-state index in [9.17, 15) is 9.36 Å². The summed E-state index contributed by atoms with van der Waals surface area (Å²) in [6.07, 6.45) is 1.98. The first kappa shape index (κ1) is 23.8. The van der Waals surface area contributed by atoms with E-state index in [4.69, 9.17) is 18.5 Å². The highest BCUT2D eigenvalue weighted by atomic mass is 31.2. The van der Waals surface area contributed by atoms with E-state index in [1.54, 1.807) is 12.1 Å². The average molecular weight is 457 g/mol. The number of benzene rings is 2. The Hall–Kier alpha value is -2.86. The average Bonchev–Trinajstić information content (AvgIpc) is 2.78. The summed E-state index contributed by atoms with van der Waals surface area (Å²) in [6.45, 7) is 7.68. The van der Waals surface area contributed by atoms with Crippen LogP contribution in [0.1, 0.15) is 18.4 Å². The summed E-state index contributed by atoms with van der Waals surface area (Å²) < 4.78 is 36.2. The van der Waals surface area contributed by atoms with Crippen molar-refractivity contribution in [3.63, 3.8) is 0 Å². The summed E-state index contributed by atoms with van der Waals surface area (Å²) in [7, 11) is 1.47. The van der Waals surface area contributed by atoms with Crippen LogP contribution >= 0.6 is 7.60 Å². The van der Waals surface area contributed by atoms with Crippen molar-refractivity contribution in [2.45, 2.75) is 12.8 Å². The predicted molar refractivity (Wildman–Crippen MR) is 126 cm³/mol. The number of rotatable bonds is 10. The molecule has 0 saturated heterocycles. The molecular formula is C24H28NO6P. The first-order valence-corrected chi connectivity index (χ1v) is 11.7. The van der Waals surface area contributed by atoms with Gasteiger partial charge < -0.3 is 23.4 Å². The first-order chi connectivity index (χ1) is 15.3. The lowest BCUT2D eigenvalue weighted by atomic mass is 10.1. The molecule has 1 heterocycles. The lowest BCUT2D eigenvalue weighted by Gasteiger charge is -2.26. The van der Waals surface area contributed by atoms with Crippen LogP contribution in [0, 0.1) is 0 Å². The molecule has 1 unspecified atom stereocenters. The van der Waals surface area contributed by atoms with Crippen LogP contribution < -0.4 is 20.1 Å². The third kappa shape index (κ3) is 5.13. The van der Waals surface area contributed by atoms with Crippen LogP contribution in [0.25, 0.3) is 11.9 Å². The molecular weight excluding hydrogens is 429 g/mol. The molecule has 0 radical (unpaired) electrons. The van der Waals surface area contributed by atoms with Crippen LogP contribution in [0.15, 0.2) is 49.1 Å². The fourth-order valence-electron chi connectivity index (χ4n) is 3.31. The number of ether oxygens (including phenoxy) is 2. The molecule has 2 aromatic rings. The zero-order valence-electron chi connectivity index (χ0n) is 18.6. The summed E-state index contributed by atoms with van der Waals surface area (Å²) >= 11 is 0. The van der Waals surface area contributed by atoms with Crippen molar-refractivity contribution in [1.29, 1.82) is 0 Å². The fourth-order valence-corrected chi connectivity index (χ4v) is 5.05. The van der Waals surface area contributed by atoms with Crippen LogP contribution in [0.5, 0.6) is 11.5 Å². The molecule has 7 nitrogen and oxygen atoms in total. The largest absolute Gasteiger partial charge is 0.461 e. The maximum atomic E-state index is 13.9. The van der Waals surface area contributed by atoms with Gasteiger partial charge in [0, 0.05) is 50.2 Å². The number of carbonyl (C=O) groups is 1. The molecule has 0 amide bonds. The second kappa shape index (κ2) is 10.2.